The molecule has 0 unspecified atom stereocenters. The van der Waals surface area contributed by atoms with Gasteiger partial charge in [-0.25, -0.2) is 8.78 Å². The molecule has 0 aliphatic carbocycles. The van der Waals surface area contributed by atoms with Crippen LogP contribution in [0.5, 0.6) is 0 Å². The van der Waals surface area contributed by atoms with Gasteiger partial charge in [-0.15, -0.1) is 0 Å². The molecule has 0 radical (unpaired) electrons. The topological polar surface area (TPSA) is 0 Å². The number of halogens is 2. The maximum atomic E-state index is 15.0. The molecule has 0 N–H and O–H groups in total. The number of unbranched alkanes of at least 4 members (excludes halogenated alkanes) is 6. The lowest BCUT2D eigenvalue weighted by molar-refractivity contribution is 0.514. The monoisotopic (exact) mass is 434 g/mol. The smallest absolute Gasteiger partial charge is 0.167 e. The summed E-state index contributed by atoms with van der Waals surface area (Å²) in [6.07, 6.45) is 12.0. The van der Waals surface area contributed by atoms with E-state index in [-0.39, 0.29) is 0 Å². The zero-order valence-electron chi connectivity index (χ0n) is 19.6. The van der Waals surface area contributed by atoms with Gasteiger partial charge in [-0.1, -0.05) is 113 Å². The van der Waals surface area contributed by atoms with Crippen molar-refractivity contribution in [2.45, 2.75) is 78.1 Å². The second kappa shape index (κ2) is 12.5. The molecule has 0 heterocycles. The molecule has 0 aliphatic rings. The summed E-state index contributed by atoms with van der Waals surface area (Å²) < 4.78 is 29.9. The van der Waals surface area contributed by atoms with Gasteiger partial charge in [0.2, 0.25) is 0 Å². The highest BCUT2D eigenvalue weighted by atomic mass is 19.2. The van der Waals surface area contributed by atoms with E-state index < -0.39 is 11.6 Å². The highest BCUT2D eigenvalue weighted by molar-refractivity contribution is 5.72. The molecular formula is C30H36F2. The Hall–Kier alpha value is -2.48. The summed E-state index contributed by atoms with van der Waals surface area (Å²) in [5.41, 5.74) is 4.54. The lowest BCUT2D eigenvalue weighted by Gasteiger charge is -2.11. The standard InChI is InChI=1S/C30H36F2/c1-3-5-7-8-9-10-12-24-15-19-26(20-16-24)28-22-21-27(29(31)30(28)32)25-17-13-23(14-18-25)11-6-4-2/h13-22H,3-12H2,1-2H3. The molecule has 0 amide bonds. The van der Waals surface area contributed by atoms with Gasteiger partial charge >= 0.3 is 0 Å². The molecule has 0 saturated carbocycles. The minimum Gasteiger partial charge on any atom is -0.203 e. The van der Waals surface area contributed by atoms with Gasteiger partial charge in [0.25, 0.3) is 0 Å². The fourth-order valence-corrected chi connectivity index (χ4v) is 4.19. The van der Waals surface area contributed by atoms with Crippen molar-refractivity contribution < 1.29 is 8.78 Å². The van der Waals surface area contributed by atoms with Gasteiger partial charge < -0.3 is 0 Å². The maximum absolute atomic E-state index is 15.0. The quantitative estimate of drug-likeness (QED) is 0.249. The molecule has 0 aliphatic heterocycles. The van der Waals surface area contributed by atoms with E-state index in [1.807, 2.05) is 48.5 Å². The van der Waals surface area contributed by atoms with Crippen LogP contribution in [-0.2, 0) is 12.8 Å². The highest BCUT2D eigenvalue weighted by Gasteiger charge is 2.16. The van der Waals surface area contributed by atoms with Gasteiger partial charge in [-0.3, -0.25) is 0 Å². The van der Waals surface area contributed by atoms with Crippen LogP contribution < -0.4 is 0 Å². The maximum Gasteiger partial charge on any atom is 0.167 e. The minimum absolute atomic E-state index is 0.313. The van der Waals surface area contributed by atoms with E-state index in [4.69, 9.17) is 0 Å². The molecule has 0 spiro atoms. The van der Waals surface area contributed by atoms with Crippen molar-refractivity contribution in [3.8, 4) is 22.3 Å². The largest absolute Gasteiger partial charge is 0.203 e. The van der Waals surface area contributed by atoms with E-state index in [1.165, 1.54) is 49.7 Å². The first-order valence-corrected chi connectivity index (χ1v) is 12.3. The van der Waals surface area contributed by atoms with Crippen molar-refractivity contribution in [1.82, 2.24) is 0 Å². The van der Waals surface area contributed by atoms with Crippen LogP contribution in [0.1, 0.15) is 76.3 Å². The number of hydrogen-bond donors (Lipinski definition) is 0. The van der Waals surface area contributed by atoms with Crippen LogP contribution in [0, 0.1) is 11.6 Å². The van der Waals surface area contributed by atoms with Gasteiger partial charge in [0.1, 0.15) is 0 Å². The zero-order valence-corrected chi connectivity index (χ0v) is 19.6. The van der Waals surface area contributed by atoms with Crippen LogP contribution in [0.25, 0.3) is 22.3 Å². The Kier molecular flexibility index (Phi) is 9.46. The second-order valence-electron chi connectivity index (χ2n) is 8.80. The van der Waals surface area contributed by atoms with Gasteiger partial charge in [-0.2, -0.15) is 0 Å². The summed E-state index contributed by atoms with van der Waals surface area (Å²) in [7, 11) is 0. The summed E-state index contributed by atoms with van der Waals surface area (Å²) >= 11 is 0. The first-order chi connectivity index (χ1) is 15.6. The van der Waals surface area contributed by atoms with E-state index in [1.54, 1.807) is 12.1 Å². The van der Waals surface area contributed by atoms with Crippen molar-refractivity contribution in [3.63, 3.8) is 0 Å². The minimum atomic E-state index is -0.778. The third-order valence-corrected chi connectivity index (χ3v) is 6.25. The number of rotatable bonds is 12. The van der Waals surface area contributed by atoms with E-state index in [0.29, 0.717) is 16.7 Å². The van der Waals surface area contributed by atoms with E-state index >= 15 is 0 Å². The van der Waals surface area contributed by atoms with Crippen LogP contribution in [0.15, 0.2) is 60.7 Å². The summed E-state index contributed by atoms with van der Waals surface area (Å²) in [5.74, 6) is -1.55. The van der Waals surface area contributed by atoms with E-state index in [0.717, 1.165) is 31.2 Å². The van der Waals surface area contributed by atoms with Crippen LogP contribution >= 0.6 is 0 Å². The predicted octanol–water partition coefficient (Wildman–Crippen LogP) is 9.54. The van der Waals surface area contributed by atoms with Crippen LogP contribution in [0.2, 0.25) is 0 Å². The lowest BCUT2D eigenvalue weighted by atomic mass is 9.96. The first-order valence-electron chi connectivity index (χ1n) is 12.3. The summed E-state index contributed by atoms with van der Waals surface area (Å²) in [6.45, 7) is 4.40. The molecule has 32 heavy (non-hydrogen) atoms. The Bertz CT molecular complexity index is 955. The molecule has 0 aromatic heterocycles. The molecule has 0 nitrogen and oxygen atoms in total. The number of benzene rings is 3. The van der Waals surface area contributed by atoms with Crippen molar-refractivity contribution in [3.05, 3.63) is 83.4 Å². The van der Waals surface area contributed by atoms with Crippen molar-refractivity contribution in [1.29, 1.82) is 0 Å². The molecule has 170 valence electrons. The summed E-state index contributed by atoms with van der Waals surface area (Å²) in [6, 6.07) is 19.1. The van der Waals surface area contributed by atoms with E-state index in [9.17, 15) is 8.78 Å². The third-order valence-electron chi connectivity index (χ3n) is 6.25. The molecule has 0 fully saturated rings. The molecule has 0 atom stereocenters. The Morgan fingerprint density at radius 3 is 1.34 bits per heavy atom. The molecule has 3 rings (SSSR count). The normalized spacial score (nSPS) is 11.1. The van der Waals surface area contributed by atoms with Crippen LogP contribution in [0.4, 0.5) is 8.78 Å². The lowest BCUT2D eigenvalue weighted by Crippen LogP contribution is -1.95. The molecule has 0 bridgehead atoms. The SMILES string of the molecule is CCCCCCCCc1ccc(-c2ccc(-c3ccc(CCCC)cc3)c(F)c2F)cc1. The molecule has 0 saturated heterocycles. The number of hydrogen-bond acceptors (Lipinski definition) is 0. The average molecular weight is 435 g/mol. The Morgan fingerprint density at radius 2 is 0.875 bits per heavy atom. The second-order valence-corrected chi connectivity index (χ2v) is 8.80. The Labute approximate surface area is 192 Å². The third kappa shape index (κ3) is 6.51. The van der Waals surface area contributed by atoms with Gasteiger partial charge in [0, 0.05) is 11.1 Å². The Balaban J connectivity index is 1.67. The number of aryl methyl sites for hydroxylation is 2. The van der Waals surface area contributed by atoms with Crippen LogP contribution in [0.3, 0.4) is 0 Å². The Morgan fingerprint density at radius 1 is 0.469 bits per heavy atom. The predicted molar refractivity (Wildman–Crippen MR) is 133 cm³/mol. The van der Waals surface area contributed by atoms with Crippen molar-refractivity contribution >= 4 is 0 Å². The molecule has 3 aromatic carbocycles. The molecule has 3 aromatic rings. The molecule has 2 heteroatoms. The fraction of sp³-hybridized carbons (Fsp3) is 0.400. The average Bonchev–Trinajstić information content (AvgIpc) is 2.83. The first kappa shape index (κ1) is 24.2. The summed E-state index contributed by atoms with van der Waals surface area (Å²) in [5, 5.41) is 0. The van der Waals surface area contributed by atoms with Crippen LogP contribution in [-0.4, -0.2) is 0 Å². The van der Waals surface area contributed by atoms with Crippen molar-refractivity contribution in [2.75, 3.05) is 0 Å². The molecular weight excluding hydrogens is 398 g/mol. The fourth-order valence-electron chi connectivity index (χ4n) is 4.19. The summed E-state index contributed by atoms with van der Waals surface area (Å²) in [4.78, 5) is 0. The van der Waals surface area contributed by atoms with Gasteiger partial charge in [0.15, 0.2) is 11.6 Å². The van der Waals surface area contributed by atoms with Gasteiger partial charge in [0.05, 0.1) is 0 Å². The van der Waals surface area contributed by atoms with Gasteiger partial charge in [-0.05, 0) is 47.9 Å². The van der Waals surface area contributed by atoms with Crippen molar-refractivity contribution in [2.24, 2.45) is 0 Å². The van der Waals surface area contributed by atoms with E-state index in [2.05, 4.69) is 13.8 Å². The highest BCUT2D eigenvalue weighted by Crippen LogP contribution is 2.32. The zero-order chi connectivity index (χ0) is 22.8.